The van der Waals surface area contributed by atoms with E-state index in [4.69, 9.17) is 0 Å². The van der Waals surface area contributed by atoms with E-state index in [1.807, 2.05) is 7.05 Å². The van der Waals surface area contributed by atoms with Crippen LogP contribution in [-0.2, 0) is 9.59 Å². The zero-order valence-corrected chi connectivity index (χ0v) is 12.7. The largest absolute Gasteiger partial charge is 0.344 e. The van der Waals surface area contributed by atoms with Gasteiger partial charge >= 0.3 is 0 Å². The maximum atomic E-state index is 12.3. The fourth-order valence-electron chi connectivity index (χ4n) is 3.74. The van der Waals surface area contributed by atoms with E-state index in [0.717, 1.165) is 18.4 Å². The molecule has 0 aromatic carbocycles. The molecule has 108 valence electrons. The maximum Gasteiger partial charge on any atom is 0.245 e. The van der Waals surface area contributed by atoms with E-state index >= 15 is 0 Å². The second kappa shape index (κ2) is 6.16. The molecule has 0 spiro atoms. The molecular formula is C14H24N2O2S. The molecule has 0 heterocycles. The molecule has 2 aliphatic carbocycles. The van der Waals surface area contributed by atoms with Crippen LogP contribution in [0.5, 0.6) is 0 Å². The van der Waals surface area contributed by atoms with Crippen LogP contribution in [0.4, 0.5) is 0 Å². The minimum Gasteiger partial charge on any atom is -0.344 e. The monoisotopic (exact) mass is 284 g/mol. The first-order valence-electron chi connectivity index (χ1n) is 7.14. The molecule has 4 unspecified atom stereocenters. The van der Waals surface area contributed by atoms with Crippen molar-refractivity contribution in [1.82, 2.24) is 10.2 Å². The predicted octanol–water partition coefficient (Wildman–Crippen LogP) is 1.32. The standard InChI is InChI=1S/C14H24N2O2S/c1-9(17)15-13(8-19)14(18)16(2)7-12-6-10-3-4-11(12)5-10/h10-13,19H,3-8H2,1-2H3,(H,15,17). The Bertz CT molecular complexity index is 361. The van der Waals surface area contributed by atoms with Gasteiger partial charge in [-0.3, -0.25) is 9.59 Å². The number of nitrogens with zero attached hydrogens (tertiary/aromatic N) is 1. The van der Waals surface area contributed by atoms with E-state index in [9.17, 15) is 9.59 Å². The Labute approximate surface area is 120 Å². The molecule has 0 aromatic rings. The maximum absolute atomic E-state index is 12.3. The molecule has 0 radical (unpaired) electrons. The zero-order valence-electron chi connectivity index (χ0n) is 11.8. The highest BCUT2D eigenvalue weighted by molar-refractivity contribution is 7.80. The van der Waals surface area contributed by atoms with Crippen LogP contribution in [-0.4, -0.2) is 42.1 Å². The lowest BCUT2D eigenvalue weighted by Gasteiger charge is -2.29. The quantitative estimate of drug-likeness (QED) is 0.748. The van der Waals surface area contributed by atoms with Gasteiger partial charge in [-0.2, -0.15) is 12.6 Å². The molecule has 0 aromatic heterocycles. The summed E-state index contributed by atoms with van der Waals surface area (Å²) in [5, 5.41) is 2.66. The van der Waals surface area contributed by atoms with E-state index in [0.29, 0.717) is 11.7 Å². The first-order chi connectivity index (χ1) is 9.01. The molecule has 19 heavy (non-hydrogen) atoms. The molecular weight excluding hydrogens is 260 g/mol. The lowest BCUT2D eigenvalue weighted by Crippen LogP contribution is -2.49. The molecule has 5 heteroatoms. The summed E-state index contributed by atoms with van der Waals surface area (Å²) in [5.74, 6) is 2.52. The molecule has 0 aliphatic heterocycles. The second-order valence-corrected chi connectivity index (χ2v) is 6.45. The summed E-state index contributed by atoms with van der Waals surface area (Å²) in [6.07, 6.45) is 5.34. The third kappa shape index (κ3) is 3.44. The Balaban J connectivity index is 1.86. The Hall–Kier alpha value is -0.710. The highest BCUT2D eigenvalue weighted by Gasteiger charge is 2.40. The third-order valence-electron chi connectivity index (χ3n) is 4.63. The van der Waals surface area contributed by atoms with Crippen molar-refractivity contribution < 1.29 is 9.59 Å². The number of fused-ring (bicyclic) bond motifs is 2. The van der Waals surface area contributed by atoms with Crippen LogP contribution in [0.2, 0.25) is 0 Å². The van der Waals surface area contributed by atoms with E-state index in [1.54, 1.807) is 4.90 Å². The van der Waals surface area contributed by atoms with Crippen molar-refractivity contribution in [3.63, 3.8) is 0 Å². The number of hydrogen-bond acceptors (Lipinski definition) is 3. The number of nitrogens with one attached hydrogen (secondary N) is 1. The zero-order chi connectivity index (χ0) is 14.0. The lowest BCUT2D eigenvalue weighted by atomic mass is 9.88. The summed E-state index contributed by atoms with van der Waals surface area (Å²) in [5.41, 5.74) is 0. The summed E-state index contributed by atoms with van der Waals surface area (Å²) in [7, 11) is 1.84. The van der Waals surface area contributed by atoms with Crippen LogP contribution in [0.15, 0.2) is 0 Å². The molecule has 4 nitrogen and oxygen atoms in total. The fourth-order valence-corrected chi connectivity index (χ4v) is 3.99. The molecule has 2 saturated carbocycles. The van der Waals surface area contributed by atoms with Gasteiger partial charge in [0.1, 0.15) is 6.04 Å². The van der Waals surface area contributed by atoms with Crippen molar-refractivity contribution in [2.75, 3.05) is 19.3 Å². The third-order valence-corrected chi connectivity index (χ3v) is 4.99. The van der Waals surface area contributed by atoms with Gasteiger partial charge in [0.05, 0.1) is 0 Å². The number of amides is 2. The van der Waals surface area contributed by atoms with E-state index in [2.05, 4.69) is 17.9 Å². The lowest BCUT2D eigenvalue weighted by molar-refractivity contribution is -0.135. The van der Waals surface area contributed by atoms with Crippen LogP contribution in [0.1, 0.15) is 32.6 Å². The van der Waals surface area contributed by atoms with Gasteiger partial charge in [-0.25, -0.2) is 0 Å². The van der Waals surface area contributed by atoms with Crippen molar-refractivity contribution in [3.8, 4) is 0 Å². The summed E-state index contributed by atoms with van der Waals surface area (Å²) >= 11 is 4.15. The van der Waals surface area contributed by atoms with E-state index < -0.39 is 6.04 Å². The SMILES string of the molecule is CC(=O)NC(CS)C(=O)N(C)CC1CC2CCC1C2. The van der Waals surface area contributed by atoms with Crippen molar-refractivity contribution in [3.05, 3.63) is 0 Å². The van der Waals surface area contributed by atoms with Crippen LogP contribution < -0.4 is 5.32 Å². The first kappa shape index (κ1) is 14.7. The van der Waals surface area contributed by atoms with Gasteiger partial charge in [-0.15, -0.1) is 0 Å². The Kier molecular flexibility index (Phi) is 4.76. The molecule has 4 atom stereocenters. The Morgan fingerprint density at radius 2 is 2.11 bits per heavy atom. The summed E-state index contributed by atoms with van der Waals surface area (Å²) in [4.78, 5) is 25.1. The Morgan fingerprint density at radius 1 is 1.37 bits per heavy atom. The van der Waals surface area contributed by atoms with Gasteiger partial charge in [0.2, 0.25) is 11.8 Å². The van der Waals surface area contributed by atoms with Gasteiger partial charge in [-0.1, -0.05) is 6.42 Å². The van der Waals surface area contributed by atoms with Crippen molar-refractivity contribution in [2.45, 2.75) is 38.6 Å². The van der Waals surface area contributed by atoms with Crippen molar-refractivity contribution >= 4 is 24.4 Å². The van der Waals surface area contributed by atoms with Gasteiger partial charge in [0.25, 0.3) is 0 Å². The van der Waals surface area contributed by atoms with Crippen LogP contribution in [0, 0.1) is 17.8 Å². The number of hydrogen-bond donors (Lipinski definition) is 2. The number of rotatable bonds is 5. The number of carbonyl (C=O) groups excluding carboxylic acids is 2. The van der Waals surface area contributed by atoms with Crippen LogP contribution in [0.25, 0.3) is 0 Å². The minimum atomic E-state index is -0.496. The van der Waals surface area contributed by atoms with Crippen LogP contribution in [0.3, 0.4) is 0 Å². The predicted molar refractivity (Wildman–Crippen MR) is 78.0 cm³/mol. The average molecular weight is 284 g/mol. The van der Waals surface area contributed by atoms with E-state index in [1.165, 1.54) is 32.6 Å². The summed E-state index contributed by atoms with van der Waals surface area (Å²) in [6.45, 7) is 2.25. The van der Waals surface area contributed by atoms with Gasteiger partial charge in [0, 0.05) is 26.3 Å². The van der Waals surface area contributed by atoms with Crippen molar-refractivity contribution in [2.24, 2.45) is 17.8 Å². The average Bonchev–Trinajstić information content (AvgIpc) is 2.96. The Morgan fingerprint density at radius 3 is 2.58 bits per heavy atom. The van der Waals surface area contributed by atoms with Gasteiger partial charge in [-0.05, 0) is 37.0 Å². The van der Waals surface area contributed by atoms with Gasteiger partial charge < -0.3 is 10.2 Å². The molecule has 2 bridgehead atoms. The number of carbonyl (C=O) groups is 2. The molecule has 2 amide bonds. The summed E-state index contributed by atoms with van der Waals surface area (Å²) in [6, 6.07) is -0.496. The van der Waals surface area contributed by atoms with Gasteiger partial charge in [0.15, 0.2) is 0 Å². The molecule has 2 aliphatic rings. The normalized spacial score (nSPS) is 30.2. The minimum absolute atomic E-state index is 0.0204. The fraction of sp³-hybridized carbons (Fsp3) is 0.857. The number of likely N-dealkylation sites (N-methyl/N-ethyl adjacent to an activating group) is 1. The van der Waals surface area contributed by atoms with E-state index in [-0.39, 0.29) is 11.8 Å². The highest BCUT2D eigenvalue weighted by atomic mass is 32.1. The highest BCUT2D eigenvalue weighted by Crippen LogP contribution is 2.48. The first-order valence-corrected chi connectivity index (χ1v) is 7.77. The molecule has 2 rings (SSSR count). The smallest absolute Gasteiger partial charge is 0.245 e. The van der Waals surface area contributed by atoms with Crippen molar-refractivity contribution in [1.29, 1.82) is 0 Å². The number of thiol groups is 1. The molecule has 1 N–H and O–H groups in total. The molecule has 0 saturated heterocycles. The molecule has 2 fully saturated rings. The summed E-state index contributed by atoms with van der Waals surface area (Å²) < 4.78 is 0. The second-order valence-electron chi connectivity index (χ2n) is 6.09. The topological polar surface area (TPSA) is 49.4 Å². The van der Waals surface area contributed by atoms with Crippen LogP contribution >= 0.6 is 12.6 Å².